The molecule has 1 aliphatic rings. The molecule has 9 heteroatoms. The molecule has 1 aliphatic heterocycles. The van der Waals surface area contributed by atoms with Crippen molar-refractivity contribution in [2.75, 3.05) is 32.8 Å². The molecule has 0 radical (unpaired) electrons. The molecule has 0 spiro atoms. The SMILES string of the molecule is CC(=O)N(CC(=O)O)CC1CN(C(=O)c2cccc(F)c2Cl)CCO1. The summed E-state index contributed by atoms with van der Waals surface area (Å²) in [6.07, 6.45) is -0.534. The second-order valence-electron chi connectivity index (χ2n) is 5.64. The fraction of sp³-hybridized carbons (Fsp3) is 0.438. The van der Waals surface area contributed by atoms with Gasteiger partial charge in [-0.25, -0.2) is 4.39 Å². The number of carbonyl (C=O) groups excluding carboxylic acids is 2. The first-order valence-corrected chi connectivity index (χ1v) is 7.99. The van der Waals surface area contributed by atoms with Crippen LogP contribution in [-0.4, -0.2) is 71.6 Å². The van der Waals surface area contributed by atoms with Crippen LogP contribution in [0.15, 0.2) is 18.2 Å². The molecule has 1 aromatic rings. The fourth-order valence-corrected chi connectivity index (χ4v) is 2.77. The molecule has 136 valence electrons. The maximum absolute atomic E-state index is 13.5. The Bertz CT molecular complexity index is 684. The molecule has 1 fully saturated rings. The van der Waals surface area contributed by atoms with Crippen LogP contribution in [0.2, 0.25) is 5.02 Å². The molecule has 0 aliphatic carbocycles. The van der Waals surface area contributed by atoms with E-state index in [-0.39, 0.29) is 30.3 Å². The van der Waals surface area contributed by atoms with Crippen LogP contribution in [0.3, 0.4) is 0 Å². The smallest absolute Gasteiger partial charge is 0.323 e. The highest BCUT2D eigenvalue weighted by Crippen LogP contribution is 2.22. The summed E-state index contributed by atoms with van der Waals surface area (Å²) in [5, 5.41) is 8.61. The highest BCUT2D eigenvalue weighted by molar-refractivity contribution is 6.34. The highest BCUT2D eigenvalue weighted by Gasteiger charge is 2.29. The normalized spacial score (nSPS) is 17.2. The zero-order chi connectivity index (χ0) is 18.6. The number of rotatable bonds is 5. The Hall–Kier alpha value is -2.19. The Morgan fingerprint density at radius 1 is 1.44 bits per heavy atom. The molecule has 1 heterocycles. The second-order valence-corrected chi connectivity index (χ2v) is 6.02. The number of halogens is 2. The molecule has 2 amide bonds. The maximum atomic E-state index is 13.5. The largest absolute Gasteiger partial charge is 0.480 e. The molecule has 1 unspecified atom stereocenters. The van der Waals surface area contributed by atoms with Crippen LogP contribution in [0.1, 0.15) is 17.3 Å². The van der Waals surface area contributed by atoms with Crippen LogP contribution in [-0.2, 0) is 14.3 Å². The Morgan fingerprint density at radius 3 is 2.80 bits per heavy atom. The number of hydrogen-bond donors (Lipinski definition) is 1. The lowest BCUT2D eigenvalue weighted by atomic mass is 10.1. The average molecular weight is 373 g/mol. The lowest BCUT2D eigenvalue weighted by Gasteiger charge is -2.35. The summed E-state index contributed by atoms with van der Waals surface area (Å²) in [7, 11) is 0. The van der Waals surface area contributed by atoms with E-state index in [0.717, 1.165) is 11.0 Å². The molecule has 2 rings (SSSR count). The maximum Gasteiger partial charge on any atom is 0.323 e. The zero-order valence-corrected chi connectivity index (χ0v) is 14.3. The van der Waals surface area contributed by atoms with Gasteiger partial charge in [0.2, 0.25) is 5.91 Å². The van der Waals surface area contributed by atoms with Crippen molar-refractivity contribution in [1.29, 1.82) is 0 Å². The van der Waals surface area contributed by atoms with Crippen molar-refractivity contribution >= 4 is 29.4 Å². The van der Waals surface area contributed by atoms with Gasteiger partial charge in [0.05, 0.1) is 23.3 Å². The molecule has 1 N–H and O–H groups in total. The van der Waals surface area contributed by atoms with Gasteiger partial charge >= 0.3 is 5.97 Å². The topological polar surface area (TPSA) is 87.2 Å². The Morgan fingerprint density at radius 2 is 2.16 bits per heavy atom. The minimum atomic E-state index is -1.13. The first kappa shape index (κ1) is 19.1. The lowest BCUT2D eigenvalue weighted by molar-refractivity contribution is -0.145. The molecule has 1 saturated heterocycles. The zero-order valence-electron chi connectivity index (χ0n) is 13.6. The van der Waals surface area contributed by atoms with Gasteiger partial charge in [0, 0.05) is 26.6 Å². The van der Waals surface area contributed by atoms with Crippen LogP contribution >= 0.6 is 11.6 Å². The molecule has 1 atom stereocenters. The first-order chi connectivity index (χ1) is 11.8. The van der Waals surface area contributed by atoms with E-state index in [0.29, 0.717) is 6.54 Å². The Balaban J connectivity index is 2.07. The predicted molar refractivity (Wildman–Crippen MR) is 86.9 cm³/mol. The van der Waals surface area contributed by atoms with Gasteiger partial charge in [-0.1, -0.05) is 17.7 Å². The molecule has 7 nitrogen and oxygen atoms in total. The third-order valence-corrected chi connectivity index (χ3v) is 4.19. The third kappa shape index (κ3) is 4.90. The van der Waals surface area contributed by atoms with Crippen LogP contribution in [0.4, 0.5) is 4.39 Å². The standard InChI is InChI=1S/C16H18ClFN2O5/c1-10(21)20(9-14(22)23)8-11-7-19(5-6-25-11)16(24)12-3-2-4-13(18)15(12)17/h2-4,11H,5-9H2,1H3,(H,22,23). The van der Waals surface area contributed by atoms with Crippen molar-refractivity contribution in [2.24, 2.45) is 0 Å². The number of hydrogen-bond acceptors (Lipinski definition) is 4. The van der Waals surface area contributed by atoms with E-state index >= 15 is 0 Å². The van der Waals surface area contributed by atoms with E-state index in [2.05, 4.69) is 0 Å². The number of benzene rings is 1. The second kappa shape index (κ2) is 8.26. The number of carboxylic acid groups (broad SMARTS) is 1. The molecule has 1 aromatic carbocycles. The molecular weight excluding hydrogens is 355 g/mol. The predicted octanol–water partition coefficient (Wildman–Crippen LogP) is 1.25. The minimum absolute atomic E-state index is 0.0439. The lowest BCUT2D eigenvalue weighted by Crippen LogP contribution is -2.51. The monoisotopic (exact) mass is 372 g/mol. The van der Waals surface area contributed by atoms with Crippen molar-refractivity contribution in [3.63, 3.8) is 0 Å². The quantitative estimate of drug-likeness (QED) is 0.840. The van der Waals surface area contributed by atoms with Gasteiger partial charge in [0.15, 0.2) is 0 Å². The van der Waals surface area contributed by atoms with Crippen molar-refractivity contribution in [2.45, 2.75) is 13.0 Å². The summed E-state index contributed by atoms with van der Waals surface area (Å²) < 4.78 is 19.1. The van der Waals surface area contributed by atoms with E-state index in [1.807, 2.05) is 0 Å². The molecule has 0 bridgehead atoms. The van der Waals surface area contributed by atoms with Crippen LogP contribution in [0.25, 0.3) is 0 Å². The van der Waals surface area contributed by atoms with Crippen molar-refractivity contribution in [1.82, 2.24) is 9.80 Å². The number of nitrogens with zero attached hydrogens (tertiary/aromatic N) is 2. The van der Waals surface area contributed by atoms with Crippen molar-refractivity contribution in [3.8, 4) is 0 Å². The summed E-state index contributed by atoms with van der Waals surface area (Å²) in [6, 6.07) is 4.00. The fourth-order valence-electron chi connectivity index (χ4n) is 2.57. The molecule has 0 aromatic heterocycles. The van der Waals surface area contributed by atoms with Gasteiger partial charge in [0.1, 0.15) is 12.4 Å². The molecule has 0 saturated carbocycles. The Kier molecular flexibility index (Phi) is 6.33. The van der Waals surface area contributed by atoms with E-state index in [9.17, 15) is 18.8 Å². The van der Waals surface area contributed by atoms with Crippen LogP contribution in [0.5, 0.6) is 0 Å². The van der Waals surface area contributed by atoms with Gasteiger partial charge in [-0.05, 0) is 12.1 Å². The van der Waals surface area contributed by atoms with Crippen molar-refractivity contribution < 1.29 is 28.6 Å². The van der Waals surface area contributed by atoms with Crippen LogP contribution in [0, 0.1) is 5.82 Å². The van der Waals surface area contributed by atoms with Gasteiger partial charge in [-0.2, -0.15) is 0 Å². The van der Waals surface area contributed by atoms with Gasteiger partial charge in [-0.15, -0.1) is 0 Å². The number of aliphatic carboxylic acids is 1. The summed E-state index contributed by atoms with van der Waals surface area (Å²) in [4.78, 5) is 37.5. The number of carbonyl (C=O) groups is 3. The number of morpholine rings is 1. The highest BCUT2D eigenvalue weighted by atomic mass is 35.5. The Labute approximate surface area is 148 Å². The number of ether oxygens (including phenoxy) is 1. The third-order valence-electron chi connectivity index (χ3n) is 3.80. The molecular formula is C16H18ClFN2O5. The molecule has 25 heavy (non-hydrogen) atoms. The van der Waals surface area contributed by atoms with Gasteiger partial charge in [0.25, 0.3) is 5.91 Å². The summed E-state index contributed by atoms with van der Waals surface area (Å²) >= 11 is 5.85. The van der Waals surface area contributed by atoms with Gasteiger partial charge < -0.3 is 19.6 Å². The number of amides is 2. The van der Waals surface area contributed by atoms with Crippen molar-refractivity contribution in [3.05, 3.63) is 34.6 Å². The van der Waals surface area contributed by atoms with E-state index in [4.69, 9.17) is 21.4 Å². The van der Waals surface area contributed by atoms with Crippen LogP contribution < -0.4 is 0 Å². The van der Waals surface area contributed by atoms with E-state index in [1.54, 1.807) is 0 Å². The number of carboxylic acids is 1. The average Bonchev–Trinajstić information content (AvgIpc) is 2.56. The summed E-state index contributed by atoms with van der Waals surface area (Å²) in [5.74, 6) is -2.65. The van der Waals surface area contributed by atoms with Gasteiger partial charge in [-0.3, -0.25) is 14.4 Å². The summed E-state index contributed by atoms with van der Waals surface area (Å²) in [5.41, 5.74) is 0.0521. The van der Waals surface area contributed by atoms with E-state index < -0.39 is 36.2 Å². The summed E-state index contributed by atoms with van der Waals surface area (Å²) in [6.45, 7) is 1.53. The first-order valence-electron chi connectivity index (χ1n) is 7.61. The minimum Gasteiger partial charge on any atom is -0.480 e. The van der Waals surface area contributed by atoms with E-state index in [1.165, 1.54) is 24.0 Å².